The van der Waals surface area contributed by atoms with Crippen LogP contribution in [0.5, 0.6) is 5.75 Å². The highest BCUT2D eigenvalue weighted by atomic mass is 16.5. The largest absolute Gasteiger partial charge is 0.492 e. The number of para-hydroxylation sites is 1. The Morgan fingerprint density at radius 3 is 2.71 bits per heavy atom. The molecule has 0 fully saturated rings. The first kappa shape index (κ1) is 10.7. The summed E-state index contributed by atoms with van der Waals surface area (Å²) in [5.74, 6) is 4.00. The Morgan fingerprint density at radius 2 is 2.14 bits per heavy atom. The third-order valence-corrected chi connectivity index (χ3v) is 1.93. The third-order valence-electron chi connectivity index (χ3n) is 1.93. The molecule has 0 aliphatic carbocycles. The summed E-state index contributed by atoms with van der Waals surface area (Å²) in [6, 6.07) is 5.87. The number of benzene rings is 1. The van der Waals surface area contributed by atoms with Crippen molar-refractivity contribution in [1.82, 2.24) is 0 Å². The zero-order chi connectivity index (χ0) is 10.6. The number of hydrogen-bond acceptors (Lipinski definition) is 1. The SMILES string of the molecule is C#Cc1cccc(C)c1OCC(C)C. The molecular formula is C13H16O. The average molecular weight is 188 g/mol. The first-order valence-corrected chi connectivity index (χ1v) is 4.84. The summed E-state index contributed by atoms with van der Waals surface area (Å²) < 4.78 is 5.68. The summed E-state index contributed by atoms with van der Waals surface area (Å²) >= 11 is 0. The molecule has 0 aliphatic heterocycles. The van der Waals surface area contributed by atoms with E-state index in [1.807, 2.05) is 25.1 Å². The molecule has 0 saturated heterocycles. The van der Waals surface area contributed by atoms with Gasteiger partial charge in [-0.05, 0) is 24.5 Å². The van der Waals surface area contributed by atoms with Crippen molar-refractivity contribution in [1.29, 1.82) is 0 Å². The highest BCUT2D eigenvalue weighted by Crippen LogP contribution is 2.22. The van der Waals surface area contributed by atoms with Gasteiger partial charge in [0.05, 0.1) is 12.2 Å². The molecule has 0 saturated carbocycles. The van der Waals surface area contributed by atoms with Crippen LogP contribution in [0, 0.1) is 25.2 Å². The van der Waals surface area contributed by atoms with Crippen molar-refractivity contribution in [3.63, 3.8) is 0 Å². The van der Waals surface area contributed by atoms with Crippen molar-refractivity contribution in [3.8, 4) is 18.1 Å². The number of ether oxygens (including phenoxy) is 1. The third kappa shape index (κ3) is 2.53. The van der Waals surface area contributed by atoms with Gasteiger partial charge in [-0.25, -0.2) is 0 Å². The van der Waals surface area contributed by atoms with Gasteiger partial charge in [0.2, 0.25) is 0 Å². The molecule has 0 aliphatic rings. The van der Waals surface area contributed by atoms with Gasteiger partial charge < -0.3 is 4.74 Å². The second-order valence-corrected chi connectivity index (χ2v) is 3.80. The molecule has 0 unspecified atom stereocenters. The van der Waals surface area contributed by atoms with E-state index in [4.69, 9.17) is 11.2 Å². The fourth-order valence-corrected chi connectivity index (χ4v) is 1.21. The van der Waals surface area contributed by atoms with E-state index < -0.39 is 0 Å². The molecular weight excluding hydrogens is 172 g/mol. The van der Waals surface area contributed by atoms with Crippen LogP contribution in [-0.2, 0) is 0 Å². The Labute approximate surface area is 86.1 Å². The normalized spacial score (nSPS) is 9.93. The second-order valence-electron chi connectivity index (χ2n) is 3.80. The monoisotopic (exact) mass is 188 g/mol. The standard InChI is InChI=1S/C13H16O/c1-5-12-8-6-7-11(4)13(12)14-9-10(2)3/h1,6-8,10H,9H2,2-4H3. The van der Waals surface area contributed by atoms with Crippen molar-refractivity contribution >= 4 is 0 Å². The summed E-state index contributed by atoms with van der Waals surface area (Å²) in [6.07, 6.45) is 5.40. The van der Waals surface area contributed by atoms with Crippen molar-refractivity contribution in [2.75, 3.05) is 6.61 Å². The Balaban J connectivity index is 2.89. The van der Waals surface area contributed by atoms with Crippen LogP contribution in [0.2, 0.25) is 0 Å². The van der Waals surface area contributed by atoms with Gasteiger partial charge in [0, 0.05) is 0 Å². The summed E-state index contributed by atoms with van der Waals surface area (Å²) in [7, 11) is 0. The van der Waals surface area contributed by atoms with Crippen LogP contribution >= 0.6 is 0 Å². The smallest absolute Gasteiger partial charge is 0.137 e. The molecule has 14 heavy (non-hydrogen) atoms. The van der Waals surface area contributed by atoms with Gasteiger partial charge in [-0.3, -0.25) is 0 Å². The van der Waals surface area contributed by atoms with E-state index in [1.54, 1.807) is 0 Å². The van der Waals surface area contributed by atoms with Gasteiger partial charge in [0.15, 0.2) is 0 Å². The zero-order valence-corrected chi connectivity index (χ0v) is 9.00. The van der Waals surface area contributed by atoms with Crippen molar-refractivity contribution in [2.45, 2.75) is 20.8 Å². The van der Waals surface area contributed by atoms with Gasteiger partial charge in [0.25, 0.3) is 0 Å². The molecule has 0 atom stereocenters. The first-order valence-electron chi connectivity index (χ1n) is 4.84. The topological polar surface area (TPSA) is 9.23 Å². The van der Waals surface area contributed by atoms with Crippen LogP contribution in [0.15, 0.2) is 18.2 Å². The van der Waals surface area contributed by atoms with Gasteiger partial charge in [-0.15, -0.1) is 6.42 Å². The zero-order valence-electron chi connectivity index (χ0n) is 9.00. The summed E-state index contributed by atoms with van der Waals surface area (Å²) in [5.41, 5.74) is 1.94. The summed E-state index contributed by atoms with van der Waals surface area (Å²) in [5, 5.41) is 0. The highest BCUT2D eigenvalue weighted by molar-refractivity contribution is 5.49. The molecule has 0 amide bonds. The molecule has 0 bridgehead atoms. The van der Waals surface area contributed by atoms with Crippen molar-refractivity contribution in [2.24, 2.45) is 5.92 Å². The molecule has 1 aromatic rings. The lowest BCUT2D eigenvalue weighted by Gasteiger charge is -2.12. The number of terminal acetylenes is 1. The second kappa shape index (κ2) is 4.72. The van der Waals surface area contributed by atoms with Crippen LogP contribution in [0.1, 0.15) is 25.0 Å². The van der Waals surface area contributed by atoms with Crippen LogP contribution in [0.25, 0.3) is 0 Å². The van der Waals surface area contributed by atoms with E-state index in [0.717, 1.165) is 16.9 Å². The van der Waals surface area contributed by atoms with Crippen LogP contribution in [0.3, 0.4) is 0 Å². The predicted molar refractivity (Wildman–Crippen MR) is 59.4 cm³/mol. The lowest BCUT2D eigenvalue weighted by molar-refractivity contribution is 0.269. The Bertz CT molecular complexity index is 345. The minimum Gasteiger partial charge on any atom is -0.492 e. The maximum Gasteiger partial charge on any atom is 0.137 e. The summed E-state index contributed by atoms with van der Waals surface area (Å²) in [4.78, 5) is 0. The quantitative estimate of drug-likeness (QED) is 0.662. The molecule has 0 N–H and O–H groups in total. The average Bonchev–Trinajstić information content (AvgIpc) is 2.15. The lowest BCUT2D eigenvalue weighted by atomic mass is 10.1. The van der Waals surface area contributed by atoms with E-state index in [0.29, 0.717) is 12.5 Å². The molecule has 0 spiro atoms. The van der Waals surface area contributed by atoms with Gasteiger partial charge in [-0.2, -0.15) is 0 Å². The van der Waals surface area contributed by atoms with E-state index in [2.05, 4.69) is 19.8 Å². The molecule has 0 radical (unpaired) electrons. The number of aryl methyl sites for hydroxylation is 1. The molecule has 74 valence electrons. The van der Waals surface area contributed by atoms with Crippen molar-refractivity contribution in [3.05, 3.63) is 29.3 Å². The maximum absolute atomic E-state index is 5.68. The molecule has 1 nitrogen and oxygen atoms in total. The summed E-state index contributed by atoms with van der Waals surface area (Å²) in [6.45, 7) is 6.96. The maximum atomic E-state index is 5.68. The van der Waals surface area contributed by atoms with Crippen LogP contribution < -0.4 is 4.74 Å². The number of rotatable bonds is 3. The van der Waals surface area contributed by atoms with E-state index in [9.17, 15) is 0 Å². The minimum atomic E-state index is 0.514. The van der Waals surface area contributed by atoms with Gasteiger partial charge >= 0.3 is 0 Å². The van der Waals surface area contributed by atoms with Gasteiger partial charge in [0.1, 0.15) is 5.75 Å². The molecule has 1 heteroatoms. The molecule has 0 aromatic heterocycles. The Kier molecular flexibility index (Phi) is 3.59. The van der Waals surface area contributed by atoms with Crippen molar-refractivity contribution < 1.29 is 4.74 Å². The molecule has 0 heterocycles. The van der Waals surface area contributed by atoms with E-state index in [-0.39, 0.29) is 0 Å². The Morgan fingerprint density at radius 1 is 1.43 bits per heavy atom. The fourth-order valence-electron chi connectivity index (χ4n) is 1.21. The van der Waals surface area contributed by atoms with Crippen LogP contribution in [0.4, 0.5) is 0 Å². The van der Waals surface area contributed by atoms with E-state index >= 15 is 0 Å². The molecule has 1 aromatic carbocycles. The first-order chi connectivity index (χ1) is 6.65. The van der Waals surface area contributed by atoms with Gasteiger partial charge in [-0.1, -0.05) is 31.9 Å². The minimum absolute atomic E-state index is 0.514. The predicted octanol–water partition coefficient (Wildman–Crippen LogP) is 3.01. The fraction of sp³-hybridized carbons (Fsp3) is 0.385. The molecule has 1 rings (SSSR count). The lowest BCUT2D eigenvalue weighted by Crippen LogP contribution is -2.06. The van der Waals surface area contributed by atoms with Crippen LogP contribution in [-0.4, -0.2) is 6.61 Å². The highest BCUT2D eigenvalue weighted by Gasteiger charge is 2.05. The Hall–Kier alpha value is -1.42. The number of hydrogen-bond donors (Lipinski definition) is 0. The van der Waals surface area contributed by atoms with E-state index in [1.165, 1.54) is 0 Å².